The van der Waals surface area contributed by atoms with Crippen molar-refractivity contribution in [2.24, 2.45) is 0 Å². The minimum absolute atomic E-state index is 0. The number of alkyl halides is 2. The summed E-state index contributed by atoms with van der Waals surface area (Å²) in [5.74, 6) is -3.33. The first kappa shape index (κ1) is 12.0. The fraction of sp³-hybridized carbons (Fsp3) is 1.00. The highest BCUT2D eigenvalue weighted by molar-refractivity contribution is 7.89. The molecule has 1 aliphatic heterocycles. The molecule has 2 N–H and O–H groups in total. The van der Waals surface area contributed by atoms with Crippen molar-refractivity contribution in [2.45, 2.75) is 11.8 Å². The fourth-order valence-electron chi connectivity index (χ4n) is 0.656. The highest BCUT2D eigenvalue weighted by Gasteiger charge is 2.29. The van der Waals surface area contributed by atoms with Crippen molar-refractivity contribution >= 4 is 22.4 Å². The Hall–Kier alpha value is 0.0200. The van der Waals surface area contributed by atoms with Crippen molar-refractivity contribution in [2.75, 3.05) is 13.1 Å². The molecule has 4 nitrogen and oxygen atoms in total. The molecule has 0 aromatic carbocycles. The zero-order chi connectivity index (χ0) is 8.48. The Bertz CT molecular complexity index is 229. The van der Waals surface area contributed by atoms with E-state index in [-0.39, 0.29) is 18.4 Å². The van der Waals surface area contributed by atoms with E-state index in [0.29, 0.717) is 13.1 Å². The van der Waals surface area contributed by atoms with Crippen LogP contribution >= 0.6 is 12.4 Å². The van der Waals surface area contributed by atoms with Crippen LogP contribution in [0.5, 0.6) is 0 Å². The van der Waals surface area contributed by atoms with Gasteiger partial charge in [0.15, 0.2) is 0 Å². The van der Waals surface area contributed by atoms with Gasteiger partial charge in [0.05, 0.1) is 0 Å². The molecule has 1 saturated heterocycles. The zero-order valence-electron chi connectivity index (χ0n) is 5.96. The molecule has 0 aromatic heterocycles. The van der Waals surface area contributed by atoms with Gasteiger partial charge in [0.25, 0.3) is 10.0 Å². The van der Waals surface area contributed by atoms with Crippen LogP contribution in [0.3, 0.4) is 0 Å². The average molecular weight is 223 g/mol. The second-order valence-electron chi connectivity index (χ2n) is 2.28. The van der Waals surface area contributed by atoms with Gasteiger partial charge in [-0.25, -0.2) is 13.1 Å². The lowest BCUT2D eigenvalue weighted by atomic mass is 10.2. The molecule has 0 aliphatic carbocycles. The van der Waals surface area contributed by atoms with Gasteiger partial charge in [0, 0.05) is 19.1 Å². The lowest BCUT2D eigenvalue weighted by Gasteiger charge is -2.27. The van der Waals surface area contributed by atoms with Crippen LogP contribution < -0.4 is 10.0 Å². The van der Waals surface area contributed by atoms with E-state index in [0.717, 1.165) is 0 Å². The topological polar surface area (TPSA) is 58.2 Å². The van der Waals surface area contributed by atoms with E-state index in [4.69, 9.17) is 0 Å². The van der Waals surface area contributed by atoms with Gasteiger partial charge < -0.3 is 5.32 Å². The van der Waals surface area contributed by atoms with Crippen LogP contribution in [-0.4, -0.2) is 33.3 Å². The highest BCUT2D eigenvalue weighted by Crippen LogP contribution is 2.04. The molecule has 0 atom stereocenters. The van der Waals surface area contributed by atoms with Crippen molar-refractivity contribution in [1.82, 2.24) is 10.0 Å². The zero-order valence-corrected chi connectivity index (χ0v) is 7.59. The molecule has 0 spiro atoms. The molecule has 0 bridgehead atoms. The van der Waals surface area contributed by atoms with Crippen molar-refractivity contribution < 1.29 is 17.2 Å². The molecule has 1 heterocycles. The lowest BCUT2D eigenvalue weighted by molar-refractivity contribution is 0.229. The summed E-state index contributed by atoms with van der Waals surface area (Å²) in [7, 11) is -4.38. The van der Waals surface area contributed by atoms with Gasteiger partial charge in [-0.15, -0.1) is 12.4 Å². The average Bonchev–Trinajstić information content (AvgIpc) is 1.79. The van der Waals surface area contributed by atoms with Gasteiger partial charge in [0.2, 0.25) is 0 Å². The van der Waals surface area contributed by atoms with E-state index >= 15 is 0 Å². The molecule has 12 heavy (non-hydrogen) atoms. The Morgan fingerprint density at radius 2 is 1.92 bits per heavy atom. The standard InChI is InChI=1S/C4H8F2N2O2S.ClH/c5-4(6)11(9,10)8-3-1-7-2-3;/h3-4,7-8H,1-2H2;1H. The van der Waals surface area contributed by atoms with E-state index in [1.54, 1.807) is 0 Å². The molecule has 0 saturated carbocycles. The molecule has 0 amide bonds. The third-order valence-corrected chi connectivity index (χ3v) is 2.48. The number of nitrogens with one attached hydrogen (secondary N) is 2. The van der Waals surface area contributed by atoms with E-state index in [9.17, 15) is 17.2 Å². The van der Waals surface area contributed by atoms with Gasteiger partial charge in [-0.3, -0.25) is 0 Å². The van der Waals surface area contributed by atoms with Crippen LogP contribution in [0.25, 0.3) is 0 Å². The number of sulfonamides is 1. The van der Waals surface area contributed by atoms with Crippen molar-refractivity contribution in [3.05, 3.63) is 0 Å². The maximum Gasteiger partial charge on any atom is 0.350 e. The Labute approximate surface area is 75.2 Å². The summed E-state index contributed by atoms with van der Waals surface area (Å²) >= 11 is 0. The Kier molecular flexibility index (Phi) is 4.32. The first-order valence-corrected chi connectivity index (χ1v) is 4.57. The summed E-state index contributed by atoms with van der Waals surface area (Å²) in [6.45, 7) is 0.845. The SMILES string of the molecule is Cl.O=S(=O)(NC1CNC1)C(F)F. The van der Waals surface area contributed by atoms with Crippen LogP contribution in [0, 0.1) is 0 Å². The molecule has 0 aromatic rings. The molecule has 74 valence electrons. The first-order chi connectivity index (χ1) is 5.02. The second kappa shape index (κ2) is 4.31. The third-order valence-electron chi connectivity index (χ3n) is 1.35. The van der Waals surface area contributed by atoms with Gasteiger partial charge in [-0.1, -0.05) is 0 Å². The molecular formula is C4H9ClF2N2O2S. The predicted molar refractivity (Wildman–Crippen MR) is 42.0 cm³/mol. The summed E-state index contributed by atoms with van der Waals surface area (Å²) < 4.78 is 46.1. The van der Waals surface area contributed by atoms with Gasteiger partial charge >= 0.3 is 5.76 Å². The summed E-state index contributed by atoms with van der Waals surface area (Å²) in [5.41, 5.74) is 0. The van der Waals surface area contributed by atoms with Crippen LogP contribution in [0.4, 0.5) is 8.78 Å². The lowest BCUT2D eigenvalue weighted by Crippen LogP contribution is -2.57. The van der Waals surface area contributed by atoms with Gasteiger partial charge in [0.1, 0.15) is 0 Å². The number of hydrogen-bond acceptors (Lipinski definition) is 3. The second-order valence-corrected chi connectivity index (χ2v) is 3.96. The van der Waals surface area contributed by atoms with Gasteiger partial charge in [-0.2, -0.15) is 8.78 Å². The fourth-order valence-corrected chi connectivity index (χ4v) is 1.39. The Morgan fingerprint density at radius 1 is 1.42 bits per heavy atom. The summed E-state index contributed by atoms with van der Waals surface area (Å²) in [6, 6.07) is -0.367. The van der Waals surface area contributed by atoms with Crippen molar-refractivity contribution in [1.29, 1.82) is 0 Å². The number of hydrogen-bond donors (Lipinski definition) is 2. The number of halogens is 3. The van der Waals surface area contributed by atoms with Crippen LogP contribution in [0.2, 0.25) is 0 Å². The van der Waals surface area contributed by atoms with E-state index in [1.807, 2.05) is 4.72 Å². The normalized spacial score (nSPS) is 18.6. The molecule has 0 unspecified atom stereocenters. The predicted octanol–water partition coefficient (Wildman–Crippen LogP) is -0.478. The van der Waals surface area contributed by atoms with Gasteiger partial charge in [-0.05, 0) is 0 Å². The summed E-state index contributed by atoms with van der Waals surface area (Å²) in [6.07, 6.45) is 0. The molecule has 1 rings (SSSR count). The summed E-state index contributed by atoms with van der Waals surface area (Å²) in [4.78, 5) is 0. The first-order valence-electron chi connectivity index (χ1n) is 3.02. The van der Waals surface area contributed by atoms with E-state index in [2.05, 4.69) is 5.32 Å². The highest BCUT2D eigenvalue weighted by atomic mass is 35.5. The van der Waals surface area contributed by atoms with Crippen molar-refractivity contribution in [3.8, 4) is 0 Å². The minimum Gasteiger partial charge on any atom is -0.313 e. The van der Waals surface area contributed by atoms with E-state index < -0.39 is 15.8 Å². The quantitative estimate of drug-likeness (QED) is 0.678. The minimum atomic E-state index is -4.38. The third kappa shape index (κ3) is 2.81. The largest absolute Gasteiger partial charge is 0.350 e. The maximum absolute atomic E-state index is 11.7. The molecule has 8 heteroatoms. The van der Waals surface area contributed by atoms with Crippen molar-refractivity contribution in [3.63, 3.8) is 0 Å². The Morgan fingerprint density at radius 3 is 2.17 bits per heavy atom. The number of rotatable bonds is 3. The molecule has 1 fully saturated rings. The molecule has 1 aliphatic rings. The van der Waals surface area contributed by atoms with Crippen LogP contribution in [0.15, 0.2) is 0 Å². The Balaban J connectivity index is 0.00000121. The summed E-state index contributed by atoms with van der Waals surface area (Å²) in [5, 5.41) is 2.75. The maximum atomic E-state index is 11.7. The van der Waals surface area contributed by atoms with E-state index in [1.165, 1.54) is 0 Å². The van der Waals surface area contributed by atoms with Crippen LogP contribution in [-0.2, 0) is 10.0 Å². The smallest absolute Gasteiger partial charge is 0.313 e. The monoisotopic (exact) mass is 222 g/mol. The molecular weight excluding hydrogens is 214 g/mol. The van der Waals surface area contributed by atoms with Crippen LogP contribution in [0.1, 0.15) is 0 Å². The molecule has 0 radical (unpaired) electrons.